The minimum absolute atomic E-state index is 0.0229. The molecule has 3 rings (SSSR count). The molecule has 20 heavy (non-hydrogen) atoms. The molecule has 0 radical (unpaired) electrons. The number of hydrogen-bond donors (Lipinski definition) is 0. The molecule has 2 fully saturated rings. The molecule has 2 aliphatic carbocycles. The van der Waals surface area contributed by atoms with E-state index in [0.717, 1.165) is 25.7 Å². The Kier molecular flexibility index (Phi) is 3.56. The third kappa shape index (κ3) is 1.83. The lowest BCUT2D eigenvalue weighted by Crippen LogP contribution is -2.57. The predicted molar refractivity (Wildman–Crippen MR) is 78.4 cm³/mol. The molecule has 0 aromatic carbocycles. The number of hydrogen-bond acceptors (Lipinski definition) is 3. The van der Waals surface area contributed by atoms with Crippen LogP contribution in [-0.2, 0) is 14.2 Å². The number of allylic oxidation sites excluding steroid dienone is 1. The number of fused-ring (bicyclic) bond motifs is 4. The van der Waals surface area contributed by atoms with Gasteiger partial charge in [0.2, 0.25) is 0 Å². The average Bonchev–Trinajstić information content (AvgIpc) is 2.64. The summed E-state index contributed by atoms with van der Waals surface area (Å²) >= 11 is 0. The van der Waals surface area contributed by atoms with E-state index < -0.39 is 0 Å². The fourth-order valence-corrected chi connectivity index (χ4v) is 4.45. The molecule has 0 aromatic heterocycles. The molecule has 0 N–H and O–H groups in total. The summed E-state index contributed by atoms with van der Waals surface area (Å²) in [5.74, 6) is 0. The van der Waals surface area contributed by atoms with E-state index >= 15 is 0 Å². The van der Waals surface area contributed by atoms with Crippen molar-refractivity contribution in [2.75, 3.05) is 20.5 Å². The molecule has 3 aliphatic rings. The van der Waals surface area contributed by atoms with Crippen molar-refractivity contribution in [3.05, 3.63) is 23.8 Å². The third-order valence-corrected chi connectivity index (χ3v) is 5.92. The molecule has 112 valence electrons. The highest BCUT2D eigenvalue weighted by Gasteiger charge is 2.62. The lowest BCUT2D eigenvalue weighted by atomic mass is 9.54. The zero-order valence-corrected chi connectivity index (χ0v) is 12.9. The fraction of sp³-hybridized carbons (Fsp3) is 0.765. The van der Waals surface area contributed by atoms with Crippen molar-refractivity contribution in [1.29, 1.82) is 0 Å². The number of rotatable bonds is 4. The summed E-state index contributed by atoms with van der Waals surface area (Å²) in [5, 5.41) is 0. The van der Waals surface area contributed by atoms with Crippen LogP contribution in [-0.4, -0.2) is 32.7 Å². The summed E-state index contributed by atoms with van der Waals surface area (Å²) in [6.07, 6.45) is 7.23. The van der Waals surface area contributed by atoms with Gasteiger partial charge < -0.3 is 14.2 Å². The van der Waals surface area contributed by atoms with Gasteiger partial charge in [-0.3, -0.25) is 0 Å². The van der Waals surface area contributed by atoms with Crippen LogP contribution in [0.15, 0.2) is 23.8 Å². The highest BCUT2D eigenvalue weighted by Crippen LogP contribution is 2.64. The second-order valence-corrected chi connectivity index (χ2v) is 6.87. The first-order valence-electron chi connectivity index (χ1n) is 7.62. The van der Waals surface area contributed by atoms with Crippen LogP contribution in [0.3, 0.4) is 0 Å². The van der Waals surface area contributed by atoms with Crippen LogP contribution in [0, 0.1) is 10.8 Å². The van der Waals surface area contributed by atoms with Crippen LogP contribution in [0.1, 0.15) is 39.5 Å². The van der Waals surface area contributed by atoms with E-state index in [0.29, 0.717) is 13.4 Å². The van der Waals surface area contributed by atoms with E-state index in [1.165, 1.54) is 11.1 Å². The molecule has 0 unspecified atom stereocenters. The molecular formula is C17H26O3. The topological polar surface area (TPSA) is 27.7 Å². The van der Waals surface area contributed by atoms with Crippen molar-refractivity contribution in [1.82, 2.24) is 0 Å². The van der Waals surface area contributed by atoms with E-state index in [1.54, 1.807) is 7.11 Å². The average molecular weight is 278 g/mol. The van der Waals surface area contributed by atoms with Crippen LogP contribution < -0.4 is 0 Å². The second-order valence-electron chi connectivity index (χ2n) is 6.87. The first-order chi connectivity index (χ1) is 9.53. The zero-order chi connectivity index (χ0) is 14.4. The minimum Gasteiger partial charge on any atom is -0.366 e. The molecule has 1 heterocycles. The van der Waals surface area contributed by atoms with Gasteiger partial charge in [0.25, 0.3) is 0 Å². The fourth-order valence-electron chi connectivity index (χ4n) is 4.45. The first kappa shape index (κ1) is 14.3. The number of ether oxygens (including phenoxy) is 3. The number of methoxy groups -OCH3 is 1. The summed E-state index contributed by atoms with van der Waals surface area (Å²) in [4.78, 5) is 0. The van der Waals surface area contributed by atoms with Gasteiger partial charge >= 0.3 is 0 Å². The van der Waals surface area contributed by atoms with Crippen LogP contribution in [0.25, 0.3) is 0 Å². The maximum atomic E-state index is 6.37. The molecule has 3 nitrogen and oxygen atoms in total. The van der Waals surface area contributed by atoms with Gasteiger partial charge in [-0.1, -0.05) is 25.2 Å². The highest BCUT2D eigenvalue weighted by molar-refractivity contribution is 5.33. The third-order valence-electron chi connectivity index (χ3n) is 5.92. The maximum absolute atomic E-state index is 6.37. The van der Waals surface area contributed by atoms with Crippen LogP contribution in [0.4, 0.5) is 0 Å². The van der Waals surface area contributed by atoms with Gasteiger partial charge in [0.05, 0.1) is 18.8 Å². The predicted octanol–water partition coefficient (Wildman–Crippen LogP) is 3.46. The van der Waals surface area contributed by atoms with Crippen molar-refractivity contribution in [2.24, 2.45) is 10.8 Å². The van der Waals surface area contributed by atoms with E-state index in [9.17, 15) is 0 Å². The Bertz CT molecular complexity index is 442. The quantitative estimate of drug-likeness (QED) is 0.448. The highest BCUT2D eigenvalue weighted by atomic mass is 16.7. The summed E-state index contributed by atoms with van der Waals surface area (Å²) in [7, 11) is 1.67. The Hall–Kier alpha value is -0.640. The molecule has 1 saturated carbocycles. The largest absolute Gasteiger partial charge is 0.366 e. The molecule has 0 spiro atoms. The molecule has 1 aliphatic heterocycles. The van der Waals surface area contributed by atoms with Gasteiger partial charge in [-0.15, -0.1) is 0 Å². The Balaban J connectivity index is 1.96. The zero-order valence-electron chi connectivity index (χ0n) is 12.9. The summed E-state index contributed by atoms with van der Waals surface area (Å²) in [5.41, 5.74) is 2.87. The van der Waals surface area contributed by atoms with E-state index in [1.807, 2.05) is 0 Å². The van der Waals surface area contributed by atoms with Crippen molar-refractivity contribution in [3.8, 4) is 0 Å². The maximum Gasteiger partial charge on any atom is 0.146 e. The second kappa shape index (κ2) is 4.97. The Labute approximate surface area is 122 Å². The molecular weight excluding hydrogens is 252 g/mol. The summed E-state index contributed by atoms with van der Waals surface area (Å²) in [6.45, 7) is 9.98. The van der Waals surface area contributed by atoms with Crippen molar-refractivity contribution in [3.63, 3.8) is 0 Å². The monoisotopic (exact) mass is 278 g/mol. The van der Waals surface area contributed by atoms with Crippen molar-refractivity contribution >= 4 is 0 Å². The Morgan fingerprint density at radius 2 is 2.25 bits per heavy atom. The molecule has 1 saturated heterocycles. The van der Waals surface area contributed by atoms with Gasteiger partial charge in [-0.05, 0) is 38.2 Å². The van der Waals surface area contributed by atoms with Crippen LogP contribution >= 0.6 is 0 Å². The van der Waals surface area contributed by atoms with Gasteiger partial charge in [-0.25, -0.2) is 0 Å². The van der Waals surface area contributed by atoms with Gasteiger partial charge in [-0.2, -0.15) is 0 Å². The first-order valence-corrected chi connectivity index (χ1v) is 7.62. The molecule has 3 heteroatoms. The van der Waals surface area contributed by atoms with Gasteiger partial charge in [0.1, 0.15) is 6.79 Å². The van der Waals surface area contributed by atoms with E-state index in [-0.39, 0.29) is 23.0 Å². The molecule has 2 bridgehead atoms. The summed E-state index contributed by atoms with van der Waals surface area (Å²) < 4.78 is 17.2. The minimum atomic E-state index is 0.0229. The van der Waals surface area contributed by atoms with E-state index in [4.69, 9.17) is 14.2 Å². The standard InChI is InChI=1S/C17H26O3/c1-12-5-8-17(10-19-11-18-4)15(9-12)20-14-6-7-16(17,3)13(14)2/h9,14-15H,2,5-8,10-11H2,1,3-4H3/t14-,15-,16+,17-/m1/s1. The van der Waals surface area contributed by atoms with Crippen LogP contribution in [0.5, 0.6) is 0 Å². The normalized spacial score (nSPS) is 43.4. The smallest absolute Gasteiger partial charge is 0.146 e. The summed E-state index contributed by atoms with van der Waals surface area (Å²) in [6, 6.07) is 0. The van der Waals surface area contributed by atoms with Crippen LogP contribution in [0.2, 0.25) is 0 Å². The van der Waals surface area contributed by atoms with Crippen molar-refractivity contribution in [2.45, 2.75) is 51.7 Å². The van der Waals surface area contributed by atoms with Gasteiger partial charge in [0.15, 0.2) is 0 Å². The lowest BCUT2D eigenvalue weighted by Gasteiger charge is -2.56. The SMILES string of the molecule is C=C1[C@H]2CC[C@]1(C)[C@@]1(COCOC)CCC(C)=C[C@H]1O2. The van der Waals surface area contributed by atoms with Crippen molar-refractivity contribution < 1.29 is 14.2 Å². The Morgan fingerprint density at radius 1 is 1.45 bits per heavy atom. The van der Waals surface area contributed by atoms with Gasteiger partial charge in [0, 0.05) is 17.9 Å². The Morgan fingerprint density at radius 3 is 3.00 bits per heavy atom. The molecule has 0 amide bonds. The van der Waals surface area contributed by atoms with E-state index in [2.05, 4.69) is 26.5 Å². The lowest BCUT2D eigenvalue weighted by molar-refractivity contribution is -0.167. The molecule has 4 atom stereocenters. The molecule has 0 aromatic rings.